The van der Waals surface area contributed by atoms with Gasteiger partial charge in [-0.2, -0.15) is 0 Å². The van der Waals surface area contributed by atoms with Crippen LogP contribution in [0, 0.1) is 0 Å². The summed E-state index contributed by atoms with van der Waals surface area (Å²) in [6, 6.07) is 0. The van der Waals surface area contributed by atoms with Crippen molar-refractivity contribution in [2.75, 3.05) is 0 Å². The molecule has 0 spiro atoms. The molecule has 0 aliphatic carbocycles. The van der Waals surface area contributed by atoms with E-state index in [0.29, 0.717) is 0 Å². The van der Waals surface area contributed by atoms with E-state index in [-0.39, 0.29) is 21.1 Å². The molecule has 0 atom stereocenters. The molecule has 0 aliphatic heterocycles. The molecule has 0 radical (unpaired) electrons. The Hall–Kier alpha value is -0.461. The van der Waals surface area contributed by atoms with E-state index in [1.54, 1.807) is 8.87 Å². The van der Waals surface area contributed by atoms with Crippen LogP contribution in [0.25, 0.3) is 0 Å². The van der Waals surface area contributed by atoms with E-state index < -0.39 is 12.1 Å². The van der Waals surface area contributed by atoms with Crippen molar-refractivity contribution in [3.05, 3.63) is 0 Å². The van der Waals surface area contributed by atoms with Gasteiger partial charge in [-0.1, -0.05) is 0 Å². The Bertz CT molecular complexity index is 151. The standard InChI is InChI=1S/2C4H9.C2H4O2.CH3NO2.Sn/c2*1-3-4-2;1-2(3)4;2-1(3)4;/h2*1,3-4H2,2H3;1H3,(H,3,4);2H2,(H,3,4);/q;;;;+2/p-2. The van der Waals surface area contributed by atoms with E-state index in [9.17, 15) is 0 Å². The third kappa shape index (κ3) is 92.8. The van der Waals surface area contributed by atoms with E-state index in [2.05, 4.69) is 19.6 Å². The van der Waals surface area contributed by atoms with Gasteiger partial charge in [0.15, 0.2) is 0 Å². The Balaban J connectivity index is -0.000000205. The van der Waals surface area contributed by atoms with Gasteiger partial charge in [-0.25, -0.2) is 0 Å². The first kappa shape index (κ1) is 21.8. The zero-order valence-corrected chi connectivity index (χ0v) is 13.8. The van der Waals surface area contributed by atoms with Crippen LogP contribution in [0.5, 0.6) is 0 Å². The summed E-state index contributed by atoms with van der Waals surface area (Å²) in [5.41, 5.74) is 3.92. The van der Waals surface area contributed by atoms with Crippen molar-refractivity contribution in [3.63, 3.8) is 0 Å². The summed E-state index contributed by atoms with van der Waals surface area (Å²) in [6.07, 6.45) is 4.26. The van der Waals surface area contributed by atoms with Crippen molar-refractivity contribution in [2.24, 2.45) is 5.73 Å². The summed E-state index contributed by atoms with van der Waals surface area (Å²) in [4.78, 5) is 17.6. The second kappa shape index (κ2) is 20.9. The van der Waals surface area contributed by atoms with Crippen LogP contribution in [0.3, 0.4) is 0 Å². The number of hydrogen-bond donors (Lipinski definition) is 1. The molecule has 0 aromatic rings. The van der Waals surface area contributed by atoms with Crippen molar-refractivity contribution in [2.45, 2.75) is 55.3 Å². The van der Waals surface area contributed by atoms with Crippen molar-refractivity contribution in [1.82, 2.24) is 0 Å². The number of carboxylic acid groups (broad SMARTS) is 2. The average molecular weight is 352 g/mol. The molecule has 0 heterocycles. The first-order chi connectivity index (χ1) is 7.88. The molecular formula is C11H23NO4Sn. The zero-order chi connectivity index (χ0) is 14.1. The summed E-state index contributed by atoms with van der Waals surface area (Å²) in [5.74, 6) is -1.08. The normalized spacial score (nSPS) is 7.71. The van der Waals surface area contributed by atoms with Gasteiger partial charge in [0.25, 0.3) is 0 Å². The molecule has 0 aromatic carbocycles. The van der Waals surface area contributed by atoms with Crippen molar-refractivity contribution >= 4 is 33.2 Å². The van der Waals surface area contributed by atoms with Gasteiger partial charge in [0.05, 0.1) is 0 Å². The Labute approximate surface area is 114 Å². The van der Waals surface area contributed by atoms with Gasteiger partial charge >= 0.3 is 69.5 Å². The Morgan fingerprint density at radius 3 is 1.47 bits per heavy atom. The number of carbonyl (C=O) groups excluding carboxylic acids is 2. The third-order valence-corrected chi connectivity index (χ3v) is 5.45. The molecule has 0 aliphatic rings. The number of aliphatic carboxylic acids is 1. The average Bonchev–Trinajstić information content (AvgIpc) is 2.16. The monoisotopic (exact) mass is 353 g/mol. The number of nitrogens with two attached hydrogens (primary N) is 1. The Kier molecular flexibility index (Phi) is 26.8. The largest absolute Gasteiger partial charge is 0.530 e. The summed E-state index contributed by atoms with van der Waals surface area (Å²) < 4.78 is 3.25. The summed E-state index contributed by atoms with van der Waals surface area (Å²) in [5, 5.41) is 17.6. The van der Waals surface area contributed by atoms with Crippen LogP contribution < -0.4 is 15.9 Å². The van der Waals surface area contributed by atoms with Gasteiger partial charge in [0, 0.05) is 5.97 Å². The molecular weight excluding hydrogens is 329 g/mol. The molecule has 100 valence electrons. The molecule has 6 heteroatoms. The molecule has 17 heavy (non-hydrogen) atoms. The predicted octanol–water partition coefficient (Wildman–Crippen LogP) is 0.172. The number of hydrogen-bond acceptors (Lipinski definition) is 4. The number of rotatable bonds is 6. The molecule has 0 bridgehead atoms. The molecule has 0 unspecified atom stereocenters. The first-order valence-corrected chi connectivity index (χ1v) is 9.76. The van der Waals surface area contributed by atoms with Crippen molar-refractivity contribution in [3.8, 4) is 0 Å². The fraction of sp³-hybridized carbons (Fsp3) is 0.818. The first-order valence-electron chi connectivity index (χ1n) is 5.73. The van der Waals surface area contributed by atoms with Gasteiger partial charge in [-0.3, -0.25) is 0 Å². The van der Waals surface area contributed by atoms with Crippen LogP contribution in [0.1, 0.15) is 46.5 Å². The maximum Gasteiger partial charge on any atom is 0.131 e. The third-order valence-electron chi connectivity index (χ3n) is 1.41. The summed E-state index contributed by atoms with van der Waals surface area (Å²) in [6.45, 7) is 5.55. The van der Waals surface area contributed by atoms with Crippen LogP contribution in [0.2, 0.25) is 8.87 Å². The molecule has 0 fully saturated rings. The molecule has 1 amide bonds. The minimum Gasteiger partial charge on any atom is -0.530 e. The van der Waals surface area contributed by atoms with E-state index in [1.165, 1.54) is 25.7 Å². The Morgan fingerprint density at radius 1 is 1.06 bits per heavy atom. The smallest absolute Gasteiger partial charge is 0.131 e. The van der Waals surface area contributed by atoms with Crippen molar-refractivity contribution < 1.29 is 19.8 Å². The number of primary amides is 1. The van der Waals surface area contributed by atoms with E-state index in [4.69, 9.17) is 19.8 Å². The SMILES string of the molecule is CC(=O)[O-].CCC[CH2][Sn+2][CH2]CCC.NC(=O)[O-]. The van der Waals surface area contributed by atoms with Crippen LogP contribution >= 0.6 is 0 Å². The van der Waals surface area contributed by atoms with Crippen LogP contribution in [-0.4, -0.2) is 33.2 Å². The van der Waals surface area contributed by atoms with Crippen LogP contribution in [0.4, 0.5) is 4.79 Å². The Morgan fingerprint density at radius 2 is 1.29 bits per heavy atom. The maximum absolute atomic E-state index is 8.89. The summed E-state index contributed by atoms with van der Waals surface area (Å²) >= 11 is 0.149. The van der Waals surface area contributed by atoms with E-state index >= 15 is 0 Å². The quantitative estimate of drug-likeness (QED) is 0.543. The van der Waals surface area contributed by atoms with Gasteiger partial charge in [-0.15, -0.1) is 0 Å². The number of carboxylic acids is 1. The zero-order valence-electron chi connectivity index (χ0n) is 11.0. The van der Waals surface area contributed by atoms with Gasteiger partial charge < -0.3 is 25.5 Å². The predicted molar refractivity (Wildman–Crippen MR) is 65.4 cm³/mol. The van der Waals surface area contributed by atoms with E-state index in [1.807, 2.05) is 0 Å². The minimum absolute atomic E-state index is 0.149. The molecule has 0 rings (SSSR count). The number of amides is 1. The fourth-order valence-electron chi connectivity index (χ4n) is 0.729. The van der Waals surface area contributed by atoms with E-state index in [0.717, 1.165) is 6.92 Å². The van der Waals surface area contributed by atoms with Crippen LogP contribution in [0.15, 0.2) is 0 Å². The molecule has 0 saturated heterocycles. The number of unbranched alkanes of at least 4 members (excludes halogenated alkanes) is 2. The second-order valence-corrected chi connectivity index (χ2v) is 7.55. The van der Waals surface area contributed by atoms with Crippen LogP contribution in [-0.2, 0) is 4.79 Å². The molecule has 2 N–H and O–H groups in total. The summed E-state index contributed by atoms with van der Waals surface area (Å²) in [7, 11) is 0. The fourth-order valence-corrected chi connectivity index (χ4v) is 4.89. The van der Waals surface area contributed by atoms with Crippen molar-refractivity contribution in [1.29, 1.82) is 0 Å². The molecule has 5 nitrogen and oxygen atoms in total. The second-order valence-electron chi connectivity index (χ2n) is 3.27. The maximum atomic E-state index is 8.89. The topological polar surface area (TPSA) is 106 Å². The van der Waals surface area contributed by atoms with Gasteiger partial charge in [0.1, 0.15) is 6.09 Å². The van der Waals surface area contributed by atoms with Gasteiger partial charge in [-0.05, 0) is 6.92 Å². The minimum atomic E-state index is -1.58. The van der Waals surface area contributed by atoms with Gasteiger partial charge in [0.2, 0.25) is 0 Å². The number of carbonyl (C=O) groups is 2. The molecule has 0 saturated carbocycles. The molecule has 0 aromatic heterocycles.